The summed E-state index contributed by atoms with van der Waals surface area (Å²) in [7, 11) is 0. The molecular formula is C22H18FN3O3. The predicted molar refractivity (Wildman–Crippen MR) is 99.9 cm³/mol. The van der Waals surface area contributed by atoms with Crippen LogP contribution in [0.2, 0.25) is 0 Å². The molecule has 1 spiro atoms. The first-order chi connectivity index (χ1) is 14.0. The number of rotatable bonds is 2. The van der Waals surface area contributed by atoms with Gasteiger partial charge in [-0.15, -0.1) is 0 Å². The highest BCUT2D eigenvalue weighted by atomic mass is 19.1. The number of nitrogens with zero attached hydrogens (tertiary/aromatic N) is 3. The molecule has 0 unspecified atom stereocenters. The SMILES string of the molecule is N#Cc1cc(F)cc(C(=O)N2CC[C@@]34OC[C@@H](c5ccccc5)N3C(=O)C[C@@H]24)c1. The molecule has 0 radical (unpaired) electrons. The van der Waals surface area contributed by atoms with Crippen LogP contribution >= 0.6 is 0 Å². The molecule has 2 aromatic rings. The minimum absolute atomic E-state index is 0.0455. The highest BCUT2D eigenvalue weighted by molar-refractivity contribution is 5.96. The monoisotopic (exact) mass is 391 g/mol. The quantitative estimate of drug-likeness (QED) is 0.789. The van der Waals surface area contributed by atoms with Crippen LogP contribution in [0.15, 0.2) is 48.5 Å². The Kier molecular flexibility index (Phi) is 3.93. The molecule has 3 aliphatic rings. The maximum absolute atomic E-state index is 13.8. The van der Waals surface area contributed by atoms with Gasteiger partial charge in [0.1, 0.15) is 5.82 Å². The van der Waals surface area contributed by atoms with Crippen LogP contribution in [0.5, 0.6) is 0 Å². The summed E-state index contributed by atoms with van der Waals surface area (Å²) >= 11 is 0. The van der Waals surface area contributed by atoms with Gasteiger partial charge in [-0.3, -0.25) is 9.59 Å². The number of halogens is 1. The minimum Gasteiger partial charge on any atom is -0.351 e. The Labute approximate surface area is 167 Å². The Morgan fingerprint density at radius 1 is 1.24 bits per heavy atom. The molecule has 0 aromatic heterocycles. The van der Waals surface area contributed by atoms with Crippen LogP contribution in [-0.4, -0.2) is 46.5 Å². The van der Waals surface area contributed by atoms with E-state index < -0.39 is 17.6 Å². The Morgan fingerprint density at radius 3 is 2.79 bits per heavy atom. The lowest BCUT2D eigenvalue weighted by Gasteiger charge is -2.33. The lowest BCUT2D eigenvalue weighted by Crippen LogP contribution is -2.49. The number of hydrogen-bond acceptors (Lipinski definition) is 4. The first-order valence-corrected chi connectivity index (χ1v) is 9.56. The molecular weight excluding hydrogens is 373 g/mol. The molecule has 3 fully saturated rings. The number of ether oxygens (including phenoxy) is 1. The average molecular weight is 391 g/mol. The van der Waals surface area contributed by atoms with Crippen molar-refractivity contribution >= 4 is 11.8 Å². The Balaban J connectivity index is 1.47. The topological polar surface area (TPSA) is 73.6 Å². The molecule has 3 atom stereocenters. The van der Waals surface area contributed by atoms with Crippen LogP contribution < -0.4 is 0 Å². The van der Waals surface area contributed by atoms with Crippen molar-refractivity contribution in [1.29, 1.82) is 5.26 Å². The van der Waals surface area contributed by atoms with Crippen LogP contribution in [0.4, 0.5) is 4.39 Å². The molecule has 3 aliphatic heterocycles. The third kappa shape index (κ3) is 2.56. The van der Waals surface area contributed by atoms with E-state index in [2.05, 4.69) is 0 Å². The molecule has 2 amide bonds. The normalized spacial score (nSPS) is 27.7. The summed E-state index contributed by atoms with van der Waals surface area (Å²) in [5.41, 5.74) is 0.375. The molecule has 0 bridgehead atoms. The molecule has 6 nitrogen and oxygen atoms in total. The van der Waals surface area contributed by atoms with Gasteiger partial charge in [0.2, 0.25) is 5.91 Å². The molecule has 3 saturated heterocycles. The first kappa shape index (κ1) is 17.8. The van der Waals surface area contributed by atoms with Crippen molar-refractivity contribution < 1.29 is 18.7 Å². The van der Waals surface area contributed by atoms with Crippen molar-refractivity contribution in [2.24, 2.45) is 0 Å². The maximum Gasteiger partial charge on any atom is 0.254 e. The first-order valence-electron chi connectivity index (χ1n) is 9.56. The van der Waals surface area contributed by atoms with Crippen LogP contribution in [-0.2, 0) is 9.53 Å². The lowest BCUT2D eigenvalue weighted by atomic mass is 10.0. The van der Waals surface area contributed by atoms with E-state index in [1.165, 1.54) is 6.07 Å². The molecule has 29 heavy (non-hydrogen) atoms. The highest BCUT2D eigenvalue weighted by Crippen LogP contribution is 2.51. The smallest absolute Gasteiger partial charge is 0.254 e. The van der Waals surface area contributed by atoms with Gasteiger partial charge in [0.15, 0.2) is 5.72 Å². The third-order valence-electron chi connectivity index (χ3n) is 6.17. The second-order valence-electron chi connectivity index (χ2n) is 7.65. The zero-order valence-corrected chi connectivity index (χ0v) is 15.5. The average Bonchev–Trinajstić information content (AvgIpc) is 3.36. The van der Waals surface area contributed by atoms with E-state index in [4.69, 9.17) is 10.00 Å². The van der Waals surface area contributed by atoms with Gasteiger partial charge in [-0.05, 0) is 23.8 Å². The van der Waals surface area contributed by atoms with Gasteiger partial charge in [-0.2, -0.15) is 5.26 Å². The van der Waals surface area contributed by atoms with E-state index in [0.717, 1.165) is 17.7 Å². The summed E-state index contributed by atoms with van der Waals surface area (Å²) in [6.45, 7) is 0.792. The highest BCUT2D eigenvalue weighted by Gasteiger charge is 2.65. The number of carbonyl (C=O) groups excluding carboxylic acids is 2. The number of amides is 2. The summed E-state index contributed by atoms with van der Waals surface area (Å²) in [5.74, 6) is -1.06. The van der Waals surface area contributed by atoms with Crippen molar-refractivity contribution in [1.82, 2.24) is 9.80 Å². The van der Waals surface area contributed by atoms with Gasteiger partial charge < -0.3 is 14.5 Å². The van der Waals surface area contributed by atoms with Crippen LogP contribution in [0.1, 0.15) is 40.4 Å². The van der Waals surface area contributed by atoms with Crippen molar-refractivity contribution in [3.63, 3.8) is 0 Å². The lowest BCUT2D eigenvalue weighted by molar-refractivity contribution is -0.138. The molecule has 0 aliphatic carbocycles. The maximum atomic E-state index is 13.8. The number of benzene rings is 2. The molecule has 2 aromatic carbocycles. The third-order valence-corrected chi connectivity index (χ3v) is 6.17. The van der Waals surface area contributed by atoms with Gasteiger partial charge in [0, 0.05) is 18.5 Å². The molecule has 3 heterocycles. The van der Waals surface area contributed by atoms with Gasteiger partial charge in [0.05, 0.1) is 36.7 Å². The summed E-state index contributed by atoms with van der Waals surface area (Å²) in [6, 6.07) is 14.6. The molecule has 7 heteroatoms. The fourth-order valence-electron chi connectivity index (χ4n) is 4.95. The molecule has 0 saturated carbocycles. The Hall–Kier alpha value is -3.24. The summed E-state index contributed by atoms with van der Waals surface area (Å²) < 4.78 is 20.0. The molecule has 5 rings (SSSR count). The standard InChI is InChI=1S/C22H18FN3O3/c23-17-9-14(12-24)8-16(10-17)21(28)25-7-6-22-19(25)11-20(27)26(22)18(13-29-22)15-4-2-1-3-5-15/h1-5,8-10,18-19H,6-7,11,13H2/t18-,19+,22-/m0/s1. The van der Waals surface area contributed by atoms with Crippen molar-refractivity contribution in [2.75, 3.05) is 13.2 Å². The van der Waals surface area contributed by atoms with Crippen molar-refractivity contribution in [3.8, 4) is 6.07 Å². The zero-order valence-electron chi connectivity index (χ0n) is 15.5. The Morgan fingerprint density at radius 2 is 2.03 bits per heavy atom. The molecule has 146 valence electrons. The van der Waals surface area contributed by atoms with Crippen LogP contribution in [0.25, 0.3) is 0 Å². The van der Waals surface area contributed by atoms with E-state index in [-0.39, 0.29) is 35.4 Å². The van der Waals surface area contributed by atoms with Crippen LogP contribution in [0, 0.1) is 17.1 Å². The van der Waals surface area contributed by atoms with Crippen molar-refractivity contribution in [2.45, 2.75) is 30.7 Å². The minimum atomic E-state index is -0.835. The summed E-state index contributed by atoms with van der Waals surface area (Å²) in [4.78, 5) is 29.4. The predicted octanol–water partition coefficient (Wildman–Crippen LogP) is 2.61. The van der Waals surface area contributed by atoms with E-state index in [1.807, 2.05) is 36.4 Å². The fraction of sp³-hybridized carbons (Fsp3) is 0.318. The van der Waals surface area contributed by atoms with E-state index in [9.17, 15) is 14.0 Å². The number of hydrogen-bond donors (Lipinski definition) is 0. The Bertz CT molecular complexity index is 1050. The van der Waals surface area contributed by atoms with Gasteiger partial charge in [0.25, 0.3) is 5.91 Å². The van der Waals surface area contributed by atoms with Crippen LogP contribution in [0.3, 0.4) is 0 Å². The molecule has 0 N–H and O–H groups in total. The van der Waals surface area contributed by atoms with Gasteiger partial charge in [-0.1, -0.05) is 30.3 Å². The van der Waals surface area contributed by atoms with Gasteiger partial charge in [-0.25, -0.2) is 4.39 Å². The zero-order chi connectivity index (χ0) is 20.2. The number of nitriles is 1. The van der Waals surface area contributed by atoms with E-state index in [1.54, 1.807) is 9.80 Å². The fourth-order valence-corrected chi connectivity index (χ4v) is 4.95. The van der Waals surface area contributed by atoms with E-state index in [0.29, 0.717) is 19.6 Å². The van der Waals surface area contributed by atoms with Gasteiger partial charge >= 0.3 is 0 Å². The summed E-state index contributed by atoms with van der Waals surface area (Å²) in [5, 5.41) is 9.07. The summed E-state index contributed by atoms with van der Waals surface area (Å²) in [6.07, 6.45) is 0.689. The second-order valence-corrected chi connectivity index (χ2v) is 7.65. The second kappa shape index (κ2) is 6.39. The number of likely N-dealkylation sites (tertiary alicyclic amines) is 1. The largest absolute Gasteiger partial charge is 0.351 e. The number of carbonyl (C=O) groups is 2. The van der Waals surface area contributed by atoms with E-state index >= 15 is 0 Å². The van der Waals surface area contributed by atoms with Crippen molar-refractivity contribution in [3.05, 3.63) is 71.0 Å².